The third-order valence-electron chi connectivity index (χ3n) is 4.75. The summed E-state index contributed by atoms with van der Waals surface area (Å²) in [7, 11) is 0. The molecule has 3 amide bonds. The summed E-state index contributed by atoms with van der Waals surface area (Å²) in [6.07, 6.45) is 1.35. The van der Waals surface area contributed by atoms with E-state index in [0.717, 1.165) is 0 Å². The highest BCUT2D eigenvalue weighted by molar-refractivity contribution is 5.98. The van der Waals surface area contributed by atoms with Gasteiger partial charge >= 0.3 is 0 Å². The predicted octanol–water partition coefficient (Wildman–Crippen LogP) is -1.17. The molecular weight excluding hydrogens is 545 g/mol. The van der Waals surface area contributed by atoms with Crippen LogP contribution in [0.4, 0.5) is 11.4 Å². The van der Waals surface area contributed by atoms with Crippen molar-refractivity contribution in [2.24, 2.45) is 17.2 Å². The van der Waals surface area contributed by atoms with E-state index >= 15 is 0 Å². The Balaban J connectivity index is 0. The Bertz CT molecular complexity index is 950. The Kier molecular flexibility index (Phi) is 18.4. The van der Waals surface area contributed by atoms with E-state index in [1.54, 1.807) is 0 Å². The third kappa shape index (κ3) is 15.3. The maximum absolute atomic E-state index is 12.8. The molecule has 1 aromatic carbocycles. The molecule has 18 heteroatoms. The van der Waals surface area contributed by atoms with Crippen LogP contribution in [0, 0.1) is 20.9 Å². The lowest BCUT2D eigenvalue weighted by Crippen LogP contribution is -2.49. The first-order chi connectivity index (χ1) is 17.0. The van der Waals surface area contributed by atoms with Crippen LogP contribution >= 0.6 is 24.8 Å². The first-order valence-electron chi connectivity index (χ1n) is 11.0. The summed E-state index contributed by atoms with van der Waals surface area (Å²) in [4.78, 5) is 47.5. The Morgan fingerprint density at radius 3 is 1.92 bits per heavy atom. The van der Waals surface area contributed by atoms with Gasteiger partial charge in [-0.25, -0.2) is 0 Å². The van der Waals surface area contributed by atoms with Crippen LogP contribution in [-0.4, -0.2) is 66.3 Å². The molecule has 16 nitrogen and oxygen atoms in total. The number of nitro benzene ring substituents is 1. The minimum atomic E-state index is -0.996. The van der Waals surface area contributed by atoms with E-state index in [1.807, 2.05) is 0 Å². The standard InChI is InChI=1S/C20H33N11O5.2ClH/c21-14(3-1-9-26-19(22)23)17(33)28-11-16(32)30-15(4-2-10-27-20(24)25)18(34)29-12-5-7-13(8-6-12)31(35)36;;/h5-8,14-15H,1-4,9-11,21H2,(H,28,33)(H,29,34)(H,30,32)(H4,22,23,26)(H4,24,25,27);2*1H/t14-,15-;;/m0../s1. The van der Waals surface area contributed by atoms with Crippen LogP contribution in [0.15, 0.2) is 24.3 Å². The van der Waals surface area contributed by atoms with Gasteiger partial charge in [-0.1, -0.05) is 0 Å². The van der Waals surface area contributed by atoms with Crippen LogP contribution in [0.3, 0.4) is 0 Å². The number of hydrogen-bond acceptors (Lipinski definition) is 8. The largest absolute Gasteiger partial charge is 0.370 e. The van der Waals surface area contributed by atoms with Gasteiger partial charge in [0.1, 0.15) is 6.04 Å². The smallest absolute Gasteiger partial charge is 0.269 e. The molecule has 1 rings (SSSR count). The lowest BCUT2D eigenvalue weighted by atomic mass is 10.1. The SMILES string of the molecule is Cl.Cl.N=C(N)NCCC[C@H](NC(=O)CNC(=O)[C@@H](N)CCCNC(=N)N)C(=O)Nc1ccc([N+](=O)[O-])cc1. The number of carbonyl (C=O) groups is 3. The molecule has 1 aromatic rings. The summed E-state index contributed by atoms with van der Waals surface area (Å²) in [6.45, 7) is 0.253. The second kappa shape index (κ2) is 19.3. The van der Waals surface area contributed by atoms with Gasteiger partial charge in [-0.05, 0) is 37.8 Å². The minimum absolute atomic E-state index is 0. The number of hydrogen-bond donors (Lipinski definition) is 10. The summed E-state index contributed by atoms with van der Waals surface area (Å²) >= 11 is 0. The number of amides is 3. The summed E-state index contributed by atoms with van der Waals surface area (Å²) < 4.78 is 0. The Labute approximate surface area is 231 Å². The molecule has 0 aliphatic carbocycles. The van der Waals surface area contributed by atoms with Gasteiger partial charge < -0.3 is 43.8 Å². The number of non-ortho nitro benzene ring substituents is 1. The van der Waals surface area contributed by atoms with Crippen LogP contribution < -0.4 is 43.8 Å². The predicted molar refractivity (Wildman–Crippen MR) is 147 cm³/mol. The fourth-order valence-corrected chi connectivity index (χ4v) is 2.91. The minimum Gasteiger partial charge on any atom is -0.370 e. The van der Waals surface area contributed by atoms with E-state index in [0.29, 0.717) is 31.5 Å². The van der Waals surface area contributed by atoms with Crippen LogP contribution in [0.1, 0.15) is 25.7 Å². The van der Waals surface area contributed by atoms with Gasteiger partial charge in [-0.3, -0.25) is 35.3 Å². The molecule has 0 aromatic heterocycles. The van der Waals surface area contributed by atoms with Crippen LogP contribution in [0.25, 0.3) is 0 Å². The van der Waals surface area contributed by atoms with E-state index in [9.17, 15) is 24.5 Å². The van der Waals surface area contributed by atoms with Crippen LogP contribution in [0.5, 0.6) is 0 Å². The molecule has 0 aliphatic rings. The molecule has 2 atom stereocenters. The van der Waals surface area contributed by atoms with Crippen molar-refractivity contribution >= 4 is 65.8 Å². The van der Waals surface area contributed by atoms with Crippen molar-refractivity contribution in [1.29, 1.82) is 10.8 Å². The molecule has 13 N–H and O–H groups in total. The molecule has 0 bridgehead atoms. The number of carbonyl (C=O) groups excluding carboxylic acids is 3. The number of rotatable bonds is 15. The Hall–Kier alpha value is -3.89. The van der Waals surface area contributed by atoms with E-state index in [4.69, 9.17) is 28.0 Å². The number of benzene rings is 1. The van der Waals surface area contributed by atoms with E-state index in [1.165, 1.54) is 24.3 Å². The quantitative estimate of drug-likeness (QED) is 0.0390. The maximum atomic E-state index is 12.8. The highest BCUT2D eigenvalue weighted by Gasteiger charge is 2.22. The highest BCUT2D eigenvalue weighted by Crippen LogP contribution is 2.16. The maximum Gasteiger partial charge on any atom is 0.269 e. The van der Waals surface area contributed by atoms with Gasteiger partial charge in [0.2, 0.25) is 17.7 Å². The number of nitrogens with two attached hydrogens (primary N) is 3. The van der Waals surface area contributed by atoms with E-state index in [-0.39, 0.29) is 55.4 Å². The van der Waals surface area contributed by atoms with Crippen molar-refractivity contribution in [3.05, 3.63) is 34.4 Å². The lowest BCUT2D eigenvalue weighted by Gasteiger charge is -2.19. The topological polar surface area (TPSA) is 280 Å². The number of guanidine groups is 2. The molecule has 0 heterocycles. The fourth-order valence-electron chi connectivity index (χ4n) is 2.91. The number of halogens is 2. The van der Waals surface area contributed by atoms with Crippen molar-refractivity contribution in [1.82, 2.24) is 21.3 Å². The second-order valence-electron chi connectivity index (χ2n) is 7.70. The van der Waals surface area contributed by atoms with Gasteiger partial charge in [-0.15, -0.1) is 24.8 Å². The average molecular weight is 580 g/mol. The number of nitro groups is 1. The normalized spacial score (nSPS) is 11.3. The van der Waals surface area contributed by atoms with Gasteiger partial charge in [0.25, 0.3) is 5.69 Å². The second-order valence-corrected chi connectivity index (χ2v) is 7.70. The summed E-state index contributed by atoms with van der Waals surface area (Å²) in [6, 6.07) is 3.32. The first-order valence-corrected chi connectivity index (χ1v) is 11.0. The monoisotopic (exact) mass is 579 g/mol. The number of anilines is 1. The molecule has 0 saturated carbocycles. The molecule has 0 spiro atoms. The van der Waals surface area contributed by atoms with E-state index in [2.05, 4.69) is 26.6 Å². The zero-order valence-corrected chi connectivity index (χ0v) is 22.1. The third-order valence-corrected chi connectivity index (χ3v) is 4.75. The Morgan fingerprint density at radius 2 is 1.42 bits per heavy atom. The molecule has 38 heavy (non-hydrogen) atoms. The van der Waals surface area contributed by atoms with Crippen LogP contribution in [0.2, 0.25) is 0 Å². The van der Waals surface area contributed by atoms with Gasteiger partial charge in [0.15, 0.2) is 11.9 Å². The average Bonchev–Trinajstić information content (AvgIpc) is 2.81. The number of nitrogens with one attached hydrogen (secondary N) is 7. The van der Waals surface area contributed by atoms with Crippen LogP contribution in [-0.2, 0) is 14.4 Å². The van der Waals surface area contributed by atoms with Gasteiger partial charge in [0.05, 0.1) is 17.5 Å². The zero-order valence-electron chi connectivity index (χ0n) is 20.5. The molecule has 0 saturated heterocycles. The molecule has 0 fully saturated rings. The van der Waals surface area contributed by atoms with Crippen molar-refractivity contribution in [2.45, 2.75) is 37.8 Å². The Morgan fingerprint density at radius 1 is 0.895 bits per heavy atom. The molecule has 214 valence electrons. The number of nitrogens with zero attached hydrogens (tertiary/aromatic N) is 1. The summed E-state index contributed by atoms with van der Waals surface area (Å²) in [5, 5.41) is 37.7. The molecule has 0 unspecified atom stereocenters. The molecular formula is C20H35Cl2N11O5. The van der Waals surface area contributed by atoms with Crippen molar-refractivity contribution in [3.63, 3.8) is 0 Å². The summed E-state index contributed by atoms with van der Waals surface area (Å²) in [5.74, 6) is -2.17. The highest BCUT2D eigenvalue weighted by atomic mass is 35.5. The lowest BCUT2D eigenvalue weighted by molar-refractivity contribution is -0.384. The summed E-state index contributed by atoms with van der Waals surface area (Å²) in [5.41, 5.74) is 16.4. The fraction of sp³-hybridized carbons (Fsp3) is 0.450. The van der Waals surface area contributed by atoms with Crippen molar-refractivity contribution in [3.8, 4) is 0 Å². The van der Waals surface area contributed by atoms with E-state index < -0.39 is 41.3 Å². The molecule has 0 radical (unpaired) electrons. The van der Waals surface area contributed by atoms with Gasteiger partial charge in [-0.2, -0.15) is 0 Å². The first kappa shape index (κ1) is 36.3. The zero-order chi connectivity index (χ0) is 27.1. The van der Waals surface area contributed by atoms with Crippen molar-refractivity contribution < 1.29 is 19.3 Å². The van der Waals surface area contributed by atoms with Gasteiger partial charge in [0, 0.05) is 30.9 Å². The van der Waals surface area contributed by atoms with Crippen molar-refractivity contribution in [2.75, 3.05) is 25.0 Å². The molecule has 0 aliphatic heterocycles.